The van der Waals surface area contributed by atoms with Crippen molar-refractivity contribution in [3.05, 3.63) is 112 Å². The Kier molecular flexibility index (Phi) is 4.24. The van der Waals surface area contributed by atoms with Crippen molar-refractivity contribution in [3.8, 4) is 0 Å². The Labute approximate surface area is 175 Å². The number of nitro groups is 1. The van der Waals surface area contributed by atoms with Gasteiger partial charge in [-0.1, -0.05) is 72.8 Å². The summed E-state index contributed by atoms with van der Waals surface area (Å²) in [4.78, 5) is 18.4. The average Bonchev–Trinajstić information content (AvgIpc) is 2.79. The number of nitrogens with zero attached hydrogens (tertiary/aromatic N) is 3. The van der Waals surface area contributed by atoms with Crippen LogP contribution in [0.2, 0.25) is 0 Å². The highest BCUT2D eigenvalue weighted by atomic mass is 16.6. The molecule has 2 aliphatic rings. The van der Waals surface area contributed by atoms with E-state index in [0.717, 1.165) is 18.1 Å². The van der Waals surface area contributed by atoms with Crippen LogP contribution in [0.3, 0.4) is 0 Å². The topological polar surface area (TPSA) is 58.7 Å². The van der Waals surface area contributed by atoms with Gasteiger partial charge in [0.2, 0.25) is 0 Å². The first kappa shape index (κ1) is 18.3. The first-order valence-corrected chi connectivity index (χ1v) is 10.00. The lowest BCUT2D eigenvalue weighted by Crippen LogP contribution is -2.69. The van der Waals surface area contributed by atoms with Crippen LogP contribution in [0, 0.1) is 10.1 Å². The zero-order chi connectivity index (χ0) is 20.7. The van der Waals surface area contributed by atoms with Gasteiger partial charge in [0, 0.05) is 12.6 Å². The van der Waals surface area contributed by atoms with Gasteiger partial charge >= 0.3 is 0 Å². The van der Waals surface area contributed by atoms with Gasteiger partial charge in [0.25, 0.3) is 5.69 Å². The molecule has 2 atom stereocenters. The van der Waals surface area contributed by atoms with Gasteiger partial charge in [-0.2, -0.15) is 0 Å². The van der Waals surface area contributed by atoms with Crippen LogP contribution in [-0.2, 0) is 12.0 Å². The van der Waals surface area contributed by atoms with Crippen LogP contribution in [-0.4, -0.2) is 21.7 Å². The smallest absolute Gasteiger partial charge is 0.276 e. The number of hydrogen-bond acceptors (Lipinski definition) is 4. The highest BCUT2D eigenvalue weighted by Gasteiger charge is 2.55. The molecule has 0 spiro atoms. The summed E-state index contributed by atoms with van der Waals surface area (Å²) in [7, 11) is 0. The summed E-state index contributed by atoms with van der Waals surface area (Å²) >= 11 is 0. The van der Waals surface area contributed by atoms with Crippen molar-refractivity contribution < 1.29 is 4.92 Å². The lowest BCUT2D eigenvalue weighted by molar-refractivity contribution is -0.385. The maximum Gasteiger partial charge on any atom is 0.276 e. The SMILES string of the molecule is C[C@]1(c2ccccc2)C2=Nc3ccccc3CN2[C@H]1/C=C/c1ccccc1[N+](=O)[O-]. The summed E-state index contributed by atoms with van der Waals surface area (Å²) in [5.41, 5.74) is 3.84. The molecular formula is C25H21N3O2. The summed E-state index contributed by atoms with van der Waals surface area (Å²) in [6, 6.07) is 25.5. The molecule has 0 amide bonds. The number of amidine groups is 1. The molecule has 3 aromatic rings. The van der Waals surface area contributed by atoms with E-state index in [1.165, 1.54) is 11.1 Å². The van der Waals surface area contributed by atoms with Crippen LogP contribution in [0.1, 0.15) is 23.6 Å². The normalized spacial score (nSPS) is 22.1. The van der Waals surface area contributed by atoms with Crippen LogP contribution < -0.4 is 0 Å². The minimum atomic E-state index is -0.332. The highest BCUT2D eigenvalue weighted by Crippen LogP contribution is 2.48. The lowest BCUT2D eigenvalue weighted by atomic mass is 9.66. The van der Waals surface area contributed by atoms with Crippen LogP contribution in [0.4, 0.5) is 11.4 Å². The van der Waals surface area contributed by atoms with E-state index in [1.807, 2.05) is 42.5 Å². The molecule has 0 N–H and O–H groups in total. The molecule has 0 unspecified atom stereocenters. The average molecular weight is 395 g/mol. The Balaban J connectivity index is 1.59. The molecule has 30 heavy (non-hydrogen) atoms. The van der Waals surface area contributed by atoms with Gasteiger partial charge in [-0.15, -0.1) is 0 Å². The molecule has 5 rings (SSSR count). The molecular weight excluding hydrogens is 374 g/mol. The third-order valence-corrected chi connectivity index (χ3v) is 6.19. The van der Waals surface area contributed by atoms with Crippen LogP contribution in [0.25, 0.3) is 6.08 Å². The Morgan fingerprint density at radius 1 is 1.03 bits per heavy atom. The van der Waals surface area contributed by atoms with Crippen molar-refractivity contribution in [2.75, 3.05) is 0 Å². The fourth-order valence-electron chi connectivity index (χ4n) is 4.58. The molecule has 0 aromatic heterocycles. The van der Waals surface area contributed by atoms with E-state index in [1.54, 1.807) is 18.2 Å². The van der Waals surface area contributed by atoms with Crippen molar-refractivity contribution in [2.45, 2.75) is 24.9 Å². The third-order valence-electron chi connectivity index (χ3n) is 6.19. The molecule has 1 saturated heterocycles. The molecule has 2 aliphatic heterocycles. The van der Waals surface area contributed by atoms with E-state index in [9.17, 15) is 10.1 Å². The Morgan fingerprint density at radius 3 is 2.53 bits per heavy atom. The number of fused-ring (bicyclic) bond motifs is 2. The molecule has 0 saturated carbocycles. The largest absolute Gasteiger partial charge is 0.347 e. The van der Waals surface area contributed by atoms with Crippen molar-refractivity contribution in [1.82, 2.24) is 4.90 Å². The third kappa shape index (κ3) is 2.74. The lowest BCUT2D eigenvalue weighted by Gasteiger charge is -2.58. The van der Waals surface area contributed by atoms with E-state index in [2.05, 4.69) is 42.2 Å². The summed E-state index contributed by atoms with van der Waals surface area (Å²) < 4.78 is 0. The van der Waals surface area contributed by atoms with Crippen molar-refractivity contribution in [3.63, 3.8) is 0 Å². The van der Waals surface area contributed by atoms with E-state index in [4.69, 9.17) is 4.99 Å². The van der Waals surface area contributed by atoms with Gasteiger partial charge in [0.1, 0.15) is 5.84 Å². The zero-order valence-electron chi connectivity index (χ0n) is 16.6. The van der Waals surface area contributed by atoms with E-state index >= 15 is 0 Å². The molecule has 0 bridgehead atoms. The second kappa shape index (κ2) is 6.95. The highest BCUT2D eigenvalue weighted by molar-refractivity contribution is 6.03. The minimum Gasteiger partial charge on any atom is -0.347 e. The number of para-hydroxylation sites is 2. The van der Waals surface area contributed by atoms with Crippen molar-refractivity contribution in [1.29, 1.82) is 0 Å². The number of nitro benzene ring substituents is 1. The molecule has 0 radical (unpaired) electrons. The number of aliphatic imine (C=N–C) groups is 1. The van der Waals surface area contributed by atoms with Gasteiger partial charge in [-0.3, -0.25) is 10.1 Å². The van der Waals surface area contributed by atoms with Crippen LogP contribution in [0.5, 0.6) is 0 Å². The van der Waals surface area contributed by atoms with Crippen molar-refractivity contribution in [2.24, 2.45) is 4.99 Å². The fourth-order valence-corrected chi connectivity index (χ4v) is 4.58. The maximum atomic E-state index is 11.4. The molecule has 148 valence electrons. The van der Waals surface area contributed by atoms with Gasteiger partial charge in [0.05, 0.1) is 27.6 Å². The summed E-state index contributed by atoms with van der Waals surface area (Å²) in [5.74, 6) is 1.05. The first-order valence-electron chi connectivity index (χ1n) is 10.00. The standard InChI is InChI=1S/C25H21N3O2/c1-25(20-11-3-2-4-12-20)23(16-15-18-9-6-8-14-22(18)28(29)30)27-17-19-10-5-7-13-21(19)26-24(25)27/h2-16,23H,17H2,1H3/b16-15+/t23-,25+/m0/s1. The maximum absolute atomic E-state index is 11.4. The van der Waals surface area contributed by atoms with Crippen molar-refractivity contribution >= 4 is 23.3 Å². The Hall–Kier alpha value is -3.73. The number of hydrogen-bond donors (Lipinski definition) is 0. The van der Waals surface area contributed by atoms with Gasteiger partial charge in [0.15, 0.2) is 0 Å². The van der Waals surface area contributed by atoms with Crippen LogP contribution >= 0.6 is 0 Å². The van der Waals surface area contributed by atoms with Gasteiger partial charge in [-0.25, -0.2) is 4.99 Å². The van der Waals surface area contributed by atoms with Gasteiger partial charge < -0.3 is 4.90 Å². The molecule has 5 nitrogen and oxygen atoms in total. The first-order chi connectivity index (χ1) is 14.6. The van der Waals surface area contributed by atoms with E-state index in [-0.39, 0.29) is 22.1 Å². The molecule has 5 heteroatoms. The quantitative estimate of drug-likeness (QED) is 0.433. The number of benzene rings is 3. The summed E-state index contributed by atoms with van der Waals surface area (Å²) in [6.45, 7) is 2.99. The second-order valence-corrected chi connectivity index (χ2v) is 7.88. The monoisotopic (exact) mass is 395 g/mol. The summed E-state index contributed by atoms with van der Waals surface area (Å²) in [5, 5.41) is 11.4. The molecule has 2 heterocycles. The molecule has 1 fully saturated rings. The zero-order valence-corrected chi connectivity index (χ0v) is 16.6. The molecule has 3 aromatic carbocycles. The Bertz CT molecular complexity index is 1190. The summed E-state index contributed by atoms with van der Waals surface area (Å²) in [6.07, 6.45) is 3.96. The number of rotatable bonds is 4. The predicted octanol–water partition coefficient (Wildman–Crippen LogP) is 5.49. The minimum absolute atomic E-state index is 0.0480. The Morgan fingerprint density at radius 2 is 1.73 bits per heavy atom. The van der Waals surface area contributed by atoms with E-state index in [0.29, 0.717) is 5.56 Å². The predicted molar refractivity (Wildman–Crippen MR) is 119 cm³/mol. The van der Waals surface area contributed by atoms with E-state index < -0.39 is 0 Å². The van der Waals surface area contributed by atoms with Gasteiger partial charge in [-0.05, 0) is 30.2 Å². The molecule has 0 aliphatic carbocycles. The second-order valence-electron chi connectivity index (χ2n) is 7.88. The van der Waals surface area contributed by atoms with Crippen LogP contribution in [0.15, 0.2) is 89.9 Å². The fraction of sp³-hybridized carbons (Fsp3) is 0.160.